The average molecular weight is 421 g/mol. The predicted molar refractivity (Wildman–Crippen MR) is 107 cm³/mol. The lowest BCUT2D eigenvalue weighted by atomic mass is 10.0. The van der Waals surface area contributed by atoms with Gasteiger partial charge in [-0.3, -0.25) is 4.72 Å². The van der Waals surface area contributed by atoms with Crippen molar-refractivity contribution in [3.05, 3.63) is 51.6 Å². The maximum atomic E-state index is 13.0. The van der Waals surface area contributed by atoms with E-state index in [9.17, 15) is 13.2 Å². The first kappa shape index (κ1) is 20.1. The zero-order chi connectivity index (χ0) is 20.6. The van der Waals surface area contributed by atoms with Crippen molar-refractivity contribution in [3.8, 4) is 11.1 Å². The first-order chi connectivity index (χ1) is 13.1. The van der Waals surface area contributed by atoms with Gasteiger partial charge in [0.2, 0.25) is 0 Å². The summed E-state index contributed by atoms with van der Waals surface area (Å²) in [5.41, 5.74) is 3.11. The number of aryl methyl sites for hydroxylation is 3. The summed E-state index contributed by atoms with van der Waals surface area (Å²) in [7, 11) is -2.56. The number of nitrogens with zero attached hydrogens (tertiary/aromatic N) is 1. The third kappa shape index (κ3) is 3.67. The van der Waals surface area contributed by atoms with Crippen molar-refractivity contribution >= 4 is 33.1 Å². The van der Waals surface area contributed by atoms with Gasteiger partial charge in [0.25, 0.3) is 10.0 Å². The first-order valence-electron chi connectivity index (χ1n) is 8.39. The standard InChI is InChI=1S/C19H20N2O5S2/c1-10-8-14(18(22)25-5)6-7-15(10)16-9-11(2)27-19(16)28(23,24)21-17-12(3)13(4)26-20-17/h6-9H,1-5H3,(H,20,21). The molecule has 0 aliphatic heterocycles. The van der Waals surface area contributed by atoms with Crippen LogP contribution in [0.3, 0.4) is 0 Å². The summed E-state index contributed by atoms with van der Waals surface area (Å²) in [5.74, 6) is 0.282. The van der Waals surface area contributed by atoms with Crippen LogP contribution in [0.5, 0.6) is 0 Å². The SMILES string of the molecule is COC(=O)c1ccc(-c2cc(C)sc2S(=O)(=O)Nc2noc(C)c2C)c(C)c1. The maximum Gasteiger partial charge on any atom is 0.337 e. The highest BCUT2D eigenvalue weighted by atomic mass is 32.2. The summed E-state index contributed by atoms with van der Waals surface area (Å²) in [6.07, 6.45) is 0. The molecule has 148 valence electrons. The largest absolute Gasteiger partial charge is 0.465 e. The zero-order valence-corrected chi connectivity index (χ0v) is 17.7. The van der Waals surface area contributed by atoms with Crippen molar-refractivity contribution in [2.75, 3.05) is 11.8 Å². The van der Waals surface area contributed by atoms with Crippen molar-refractivity contribution in [3.63, 3.8) is 0 Å². The minimum Gasteiger partial charge on any atom is -0.465 e. The van der Waals surface area contributed by atoms with E-state index in [2.05, 4.69) is 9.88 Å². The Morgan fingerprint density at radius 3 is 2.43 bits per heavy atom. The molecule has 0 aliphatic rings. The van der Waals surface area contributed by atoms with Gasteiger partial charge in [-0.25, -0.2) is 13.2 Å². The van der Waals surface area contributed by atoms with E-state index in [-0.39, 0.29) is 10.0 Å². The third-order valence-electron chi connectivity index (χ3n) is 4.39. The van der Waals surface area contributed by atoms with E-state index >= 15 is 0 Å². The molecule has 2 heterocycles. The molecule has 3 aromatic rings. The number of rotatable bonds is 5. The van der Waals surface area contributed by atoms with Gasteiger partial charge in [-0.1, -0.05) is 11.2 Å². The van der Waals surface area contributed by atoms with Crippen LogP contribution in [0.25, 0.3) is 11.1 Å². The molecule has 3 rings (SSSR count). The fraction of sp³-hybridized carbons (Fsp3) is 0.263. The molecular weight excluding hydrogens is 400 g/mol. The van der Waals surface area contributed by atoms with Gasteiger partial charge in [-0.15, -0.1) is 11.3 Å². The van der Waals surface area contributed by atoms with Gasteiger partial charge < -0.3 is 9.26 Å². The van der Waals surface area contributed by atoms with Gasteiger partial charge in [-0.05, 0) is 57.0 Å². The molecule has 0 amide bonds. The molecule has 0 aliphatic carbocycles. The van der Waals surface area contributed by atoms with Gasteiger partial charge >= 0.3 is 5.97 Å². The van der Waals surface area contributed by atoms with E-state index in [0.29, 0.717) is 22.5 Å². The Bertz CT molecular complexity index is 1160. The van der Waals surface area contributed by atoms with Gasteiger partial charge in [0.1, 0.15) is 9.97 Å². The van der Waals surface area contributed by atoms with E-state index in [1.54, 1.807) is 32.0 Å². The predicted octanol–water partition coefficient (Wildman–Crippen LogP) is 4.22. The Hall–Kier alpha value is -2.65. The summed E-state index contributed by atoms with van der Waals surface area (Å²) in [6.45, 7) is 7.12. The summed E-state index contributed by atoms with van der Waals surface area (Å²) in [5, 5.41) is 3.78. The number of thiophene rings is 1. The molecule has 9 heteroatoms. The summed E-state index contributed by atoms with van der Waals surface area (Å²) in [6, 6.07) is 6.85. The van der Waals surface area contributed by atoms with Crippen LogP contribution in [-0.4, -0.2) is 26.7 Å². The molecule has 0 unspecified atom stereocenters. The third-order valence-corrected chi connectivity index (χ3v) is 7.31. The molecule has 0 saturated carbocycles. The Labute approximate surface area is 167 Å². The van der Waals surface area contributed by atoms with Crippen LogP contribution in [0.15, 0.2) is 33.0 Å². The second kappa shape index (κ2) is 7.40. The minimum absolute atomic E-state index is 0.173. The van der Waals surface area contributed by atoms with E-state index in [4.69, 9.17) is 9.26 Å². The quantitative estimate of drug-likeness (QED) is 0.621. The number of aromatic nitrogens is 1. The number of hydrogen-bond donors (Lipinski definition) is 1. The maximum absolute atomic E-state index is 13.0. The Kier molecular flexibility index (Phi) is 5.31. The Morgan fingerprint density at radius 2 is 1.86 bits per heavy atom. The number of ether oxygens (including phenoxy) is 1. The molecule has 0 atom stereocenters. The smallest absolute Gasteiger partial charge is 0.337 e. The van der Waals surface area contributed by atoms with Gasteiger partial charge in [0, 0.05) is 16.0 Å². The van der Waals surface area contributed by atoms with Crippen LogP contribution in [-0.2, 0) is 14.8 Å². The molecule has 2 aromatic heterocycles. The molecule has 0 fully saturated rings. The first-order valence-corrected chi connectivity index (χ1v) is 10.7. The highest BCUT2D eigenvalue weighted by Gasteiger charge is 2.26. The molecule has 0 bridgehead atoms. The van der Waals surface area contributed by atoms with E-state index in [0.717, 1.165) is 16.0 Å². The number of benzene rings is 1. The number of methoxy groups -OCH3 is 1. The van der Waals surface area contributed by atoms with Crippen LogP contribution in [0.1, 0.15) is 32.1 Å². The highest BCUT2D eigenvalue weighted by molar-refractivity contribution is 7.94. The van der Waals surface area contributed by atoms with Crippen LogP contribution in [0.4, 0.5) is 5.82 Å². The number of nitrogens with one attached hydrogen (secondary N) is 1. The lowest BCUT2D eigenvalue weighted by molar-refractivity contribution is 0.0600. The van der Waals surface area contributed by atoms with Crippen LogP contribution in [0.2, 0.25) is 0 Å². The number of anilines is 1. The van der Waals surface area contributed by atoms with Gasteiger partial charge in [0.05, 0.1) is 12.7 Å². The molecule has 7 nitrogen and oxygen atoms in total. The normalized spacial score (nSPS) is 11.5. The molecule has 0 saturated heterocycles. The van der Waals surface area contributed by atoms with E-state index in [1.807, 2.05) is 19.9 Å². The molecule has 1 aromatic carbocycles. The average Bonchev–Trinajstić information content (AvgIpc) is 3.18. The molecular formula is C19H20N2O5S2. The van der Waals surface area contributed by atoms with Crippen molar-refractivity contribution in [2.45, 2.75) is 31.9 Å². The van der Waals surface area contributed by atoms with Crippen molar-refractivity contribution in [1.29, 1.82) is 0 Å². The summed E-state index contributed by atoms with van der Waals surface area (Å²) < 4.78 is 38.6. The summed E-state index contributed by atoms with van der Waals surface area (Å²) in [4.78, 5) is 12.6. The van der Waals surface area contributed by atoms with Crippen molar-refractivity contribution < 1.29 is 22.5 Å². The Morgan fingerprint density at radius 1 is 1.14 bits per heavy atom. The van der Waals surface area contributed by atoms with Crippen LogP contribution < -0.4 is 4.72 Å². The van der Waals surface area contributed by atoms with Gasteiger partial charge in [-0.2, -0.15) is 0 Å². The van der Waals surface area contributed by atoms with E-state index in [1.165, 1.54) is 18.4 Å². The Balaban J connectivity index is 2.06. The summed E-state index contributed by atoms with van der Waals surface area (Å²) >= 11 is 1.17. The van der Waals surface area contributed by atoms with Crippen LogP contribution in [0, 0.1) is 27.7 Å². The lowest BCUT2D eigenvalue weighted by Gasteiger charge is -2.10. The number of hydrogen-bond acceptors (Lipinski definition) is 7. The van der Waals surface area contributed by atoms with Crippen LogP contribution >= 0.6 is 11.3 Å². The molecule has 0 spiro atoms. The number of carbonyl (C=O) groups is 1. The fourth-order valence-corrected chi connectivity index (χ4v) is 5.48. The van der Waals surface area contributed by atoms with Crippen molar-refractivity contribution in [2.24, 2.45) is 0 Å². The second-order valence-corrected chi connectivity index (χ2v) is 9.53. The number of esters is 1. The highest BCUT2D eigenvalue weighted by Crippen LogP contribution is 2.38. The zero-order valence-electron chi connectivity index (χ0n) is 16.1. The monoisotopic (exact) mass is 420 g/mol. The van der Waals surface area contributed by atoms with Gasteiger partial charge in [0.15, 0.2) is 5.82 Å². The molecule has 1 N–H and O–H groups in total. The molecule has 28 heavy (non-hydrogen) atoms. The minimum atomic E-state index is -3.87. The second-order valence-electron chi connectivity index (χ2n) is 6.40. The molecule has 0 radical (unpaired) electrons. The topological polar surface area (TPSA) is 98.5 Å². The fourth-order valence-electron chi connectivity index (χ4n) is 2.78. The number of carbonyl (C=O) groups excluding carboxylic acids is 1. The lowest BCUT2D eigenvalue weighted by Crippen LogP contribution is -2.13. The van der Waals surface area contributed by atoms with E-state index < -0.39 is 16.0 Å². The van der Waals surface area contributed by atoms with Crippen molar-refractivity contribution in [1.82, 2.24) is 5.16 Å². The number of sulfonamides is 1.